The number of esters is 1. The van der Waals surface area contributed by atoms with E-state index in [1.165, 1.54) is 25.8 Å². The Hall–Kier alpha value is -1.20. The number of aryl methyl sites for hydroxylation is 1. The Morgan fingerprint density at radius 2 is 2.24 bits per heavy atom. The number of ether oxygens (including phenoxy) is 1. The molecule has 0 aliphatic heterocycles. The molecule has 5 heteroatoms. The molecule has 0 fully saturated rings. The van der Waals surface area contributed by atoms with Crippen LogP contribution >= 0.6 is 11.8 Å². The third-order valence-corrected chi connectivity index (χ3v) is 3.69. The molecule has 17 heavy (non-hydrogen) atoms. The van der Waals surface area contributed by atoms with Crippen LogP contribution < -0.4 is 5.73 Å². The van der Waals surface area contributed by atoms with Gasteiger partial charge >= 0.3 is 5.97 Å². The summed E-state index contributed by atoms with van der Waals surface area (Å²) < 4.78 is 4.52. The van der Waals surface area contributed by atoms with Crippen LogP contribution in [0.4, 0.5) is 5.69 Å². The molecule has 0 aromatic heterocycles. The van der Waals surface area contributed by atoms with Crippen molar-refractivity contribution in [2.24, 2.45) is 0 Å². The number of thioether (sulfide) groups is 1. The monoisotopic (exact) mass is 255 g/mol. The van der Waals surface area contributed by atoms with Gasteiger partial charge in [0.1, 0.15) is 0 Å². The number of aliphatic hydroxyl groups is 1. The van der Waals surface area contributed by atoms with Crippen molar-refractivity contribution in [3.05, 3.63) is 23.8 Å². The maximum absolute atomic E-state index is 11.3. The summed E-state index contributed by atoms with van der Waals surface area (Å²) in [6.07, 6.45) is 0. The quantitative estimate of drug-likeness (QED) is 0.485. The molecule has 1 unspecified atom stereocenters. The van der Waals surface area contributed by atoms with Gasteiger partial charge in [0.2, 0.25) is 0 Å². The molecule has 0 radical (unpaired) electrons. The fourth-order valence-corrected chi connectivity index (χ4v) is 2.24. The van der Waals surface area contributed by atoms with Crippen LogP contribution in [-0.4, -0.2) is 29.5 Å². The van der Waals surface area contributed by atoms with Crippen molar-refractivity contribution in [3.8, 4) is 0 Å². The molecular weight excluding hydrogens is 238 g/mol. The highest BCUT2D eigenvalue weighted by Gasteiger charge is 2.31. The van der Waals surface area contributed by atoms with Crippen LogP contribution in [0.3, 0.4) is 0 Å². The van der Waals surface area contributed by atoms with Gasteiger partial charge < -0.3 is 15.6 Å². The van der Waals surface area contributed by atoms with Crippen molar-refractivity contribution < 1.29 is 14.6 Å². The number of hydrogen-bond donors (Lipinski definition) is 2. The molecule has 1 aromatic rings. The molecule has 3 N–H and O–H groups in total. The van der Waals surface area contributed by atoms with Crippen molar-refractivity contribution in [3.63, 3.8) is 0 Å². The SMILES string of the molecule is COC(=O)C(C)(O)CSc1ccc(C)cc1N. The lowest BCUT2D eigenvalue weighted by molar-refractivity contribution is -0.158. The van der Waals surface area contributed by atoms with Gasteiger partial charge in [0, 0.05) is 16.3 Å². The van der Waals surface area contributed by atoms with Gasteiger partial charge in [-0.3, -0.25) is 0 Å². The topological polar surface area (TPSA) is 72.5 Å². The summed E-state index contributed by atoms with van der Waals surface area (Å²) in [5.74, 6) is -0.442. The Labute approximate surface area is 105 Å². The lowest BCUT2D eigenvalue weighted by Gasteiger charge is -2.19. The zero-order valence-electron chi connectivity index (χ0n) is 10.2. The highest BCUT2D eigenvalue weighted by molar-refractivity contribution is 7.99. The van der Waals surface area contributed by atoms with E-state index in [1.54, 1.807) is 0 Å². The van der Waals surface area contributed by atoms with Crippen LogP contribution in [0.5, 0.6) is 0 Å². The van der Waals surface area contributed by atoms with Crippen LogP contribution in [0.1, 0.15) is 12.5 Å². The molecule has 4 nitrogen and oxygen atoms in total. The van der Waals surface area contributed by atoms with Gasteiger partial charge in [-0.25, -0.2) is 4.79 Å². The zero-order valence-corrected chi connectivity index (χ0v) is 11.0. The standard InChI is InChI=1S/C12H17NO3S/c1-8-4-5-10(9(13)6-8)17-7-12(2,15)11(14)16-3/h4-6,15H,7,13H2,1-3H3. The maximum atomic E-state index is 11.3. The minimum Gasteiger partial charge on any atom is -0.467 e. The first kappa shape index (κ1) is 13.9. The summed E-state index contributed by atoms with van der Waals surface area (Å²) in [5, 5.41) is 9.85. The van der Waals surface area contributed by atoms with Gasteiger partial charge in [-0.1, -0.05) is 6.07 Å². The third kappa shape index (κ3) is 3.64. The van der Waals surface area contributed by atoms with E-state index < -0.39 is 11.6 Å². The lowest BCUT2D eigenvalue weighted by atomic mass is 10.1. The van der Waals surface area contributed by atoms with Gasteiger partial charge in [-0.15, -0.1) is 11.8 Å². The zero-order chi connectivity index (χ0) is 13.1. The van der Waals surface area contributed by atoms with E-state index in [9.17, 15) is 9.90 Å². The highest BCUT2D eigenvalue weighted by atomic mass is 32.2. The molecule has 0 spiro atoms. The largest absolute Gasteiger partial charge is 0.467 e. The molecule has 0 aliphatic carbocycles. The third-order valence-electron chi connectivity index (χ3n) is 2.30. The van der Waals surface area contributed by atoms with Crippen LogP contribution in [0.25, 0.3) is 0 Å². The molecule has 0 saturated heterocycles. The first-order valence-electron chi connectivity index (χ1n) is 5.16. The first-order chi connectivity index (χ1) is 7.86. The van der Waals surface area contributed by atoms with E-state index in [-0.39, 0.29) is 5.75 Å². The summed E-state index contributed by atoms with van der Waals surface area (Å²) >= 11 is 1.33. The number of carbonyl (C=O) groups excluding carboxylic acids is 1. The molecule has 0 amide bonds. The van der Waals surface area contributed by atoms with Crippen molar-refractivity contribution in [1.82, 2.24) is 0 Å². The van der Waals surface area contributed by atoms with E-state index in [1.807, 2.05) is 25.1 Å². The van der Waals surface area contributed by atoms with Gasteiger partial charge in [0.25, 0.3) is 0 Å². The fourth-order valence-electron chi connectivity index (χ4n) is 1.30. The Bertz CT molecular complexity index is 418. The number of methoxy groups -OCH3 is 1. The number of nitrogens with two attached hydrogens (primary N) is 1. The number of carbonyl (C=O) groups is 1. The fraction of sp³-hybridized carbons (Fsp3) is 0.417. The van der Waals surface area contributed by atoms with Gasteiger partial charge in [0.05, 0.1) is 7.11 Å². The van der Waals surface area contributed by atoms with Crippen molar-refractivity contribution in [1.29, 1.82) is 0 Å². The average Bonchev–Trinajstić information content (AvgIpc) is 2.26. The second-order valence-electron chi connectivity index (χ2n) is 4.10. The van der Waals surface area contributed by atoms with Crippen LogP contribution in [0.15, 0.2) is 23.1 Å². The Morgan fingerprint density at radius 1 is 1.59 bits per heavy atom. The molecule has 1 aromatic carbocycles. The first-order valence-corrected chi connectivity index (χ1v) is 6.15. The van der Waals surface area contributed by atoms with Gasteiger partial charge in [0.15, 0.2) is 5.60 Å². The number of hydrogen-bond acceptors (Lipinski definition) is 5. The van der Waals surface area contributed by atoms with Crippen LogP contribution in [0, 0.1) is 6.92 Å². The van der Waals surface area contributed by atoms with E-state index in [0.717, 1.165) is 10.5 Å². The Kier molecular flexibility index (Phi) is 4.42. The smallest absolute Gasteiger partial charge is 0.338 e. The van der Waals surface area contributed by atoms with Crippen molar-refractivity contribution >= 4 is 23.4 Å². The molecule has 0 bridgehead atoms. The normalized spacial score (nSPS) is 14.1. The predicted molar refractivity (Wildman–Crippen MR) is 69.0 cm³/mol. The van der Waals surface area contributed by atoms with Gasteiger partial charge in [-0.2, -0.15) is 0 Å². The molecule has 1 atom stereocenters. The van der Waals surface area contributed by atoms with Gasteiger partial charge in [-0.05, 0) is 31.5 Å². The van der Waals surface area contributed by atoms with E-state index in [4.69, 9.17) is 5.73 Å². The Balaban J connectivity index is 2.70. The van der Waals surface area contributed by atoms with E-state index in [0.29, 0.717) is 5.69 Å². The summed E-state index contributed by atoms with van der Waals surface area (Å²) in [6.45, 7) is 3.38. The van der Waals surface area contributed by atoms with Crippen molar-refractivity contribution in [2.75, 3.05) is 18.6 Å². The summed E-state index contributed by atoms with van der Waals surface area (Å²) in [7, 11) is 1.25. The average molecular weight is 255 g/mol. The second-order valence-corrected chi connectivity index (χ2v) is 5.11. The maximum Gasteiger partial charge on any atom is 0.338 e. The molecule has 94 valence electrons. The van der Waals surface area contributed by atoms with Crippen molar-refractivity contribution in [2.45, 2.75) is 24.3 Å². The number of rotatable bonds is 4. The number of anilines is 1. The number of benzene rings is 1. The van der Waals surface area contributed by atoms with E-state index >= 15 is 0 Å². The molecule has 0 aliphatic rings. The molecular formula is C12H17NO3S. The molecule has 0 saturated carbocycles. The Morgan fingerprint density at radius 3 is 2.76 bits per heavy atom. The van der Waals surface area contributed by atoms with Crippen LogP contribution in [0.2, 0.25) is 0 Å². The highest BCUT2D eigenvalue weighted by Crippen LogP contribution is 2.28. The minimum atomic E-state index is -1.50. The summed E-state index contributed by atoms with van der Waals surface area (Å²) in [6, 6.07) is 5.67. The molecule has 1 rings (SSSR count). The van der Waals surface area contributed by atoms with E-state index in [2.05, 4.69) is 4.74 Å². The minimum absolute atomic E-state index is 0.201. The number of nitrogen functional groups attached to an aromatic ring is 1. The summed E-state index contributed by atoms with van der Waals surface area (Å²) in [5.41, 5.74) is 6.06. The predicted octanol–water partition coefficient (Wildman–Crippen LogP) is 1.59. The lowest BCUT2D eigenvalue weighted by Crippen LogP contribution is -2.38. The summed E-state index contributed by atoms with van der Waals surface area (Å²) in [4.78, 5) is 12.1. The second kappa shape index (κ2) is 5.42. The molecule has 0 heterocycles. The van der Waals surface area contributed by atoms with Crippen LogP contribution in [-0.2, 0) is 9.53 Å².